The van der Waals surface area contributed by atoms with Gasteiger partial charge in [0, 0.05) is 0 Å². The summed E-state index contributed by atoms with van der Waals surface area (Å²) in [6.45, 7) is 8.77. The highest BCUT2D eigenvalue weighted by molar-refractivity contribution is 4.55. The Kier molecular flexibility index (Phi) is 27.6. The third kappa shape index (κ3) is 20.2. The second kappa shape index (κ2) is 25.5. The summed E-state index contributed by atoms with van der Waals surface area (Å²) in [6.07, 6.45) is 20.7. The lowest BCUT2D eigenvalue weighted by Crippen LogP contribution is -3.00. The molecule has 0 aliphatic carbocycles. The first-order chi connectivity index (χ1) is 14.2. The van der Waals surface area contributed by atoms with Gasteiger partial charge in [0.15, 0.2) is 0 Å². The second-order valence-electron chi connectivity index (χ2n) is 9.05. The molecule has 0 aliphatic rings. The van der Waals surface area contributed by atoms with E-state index >= 15 is 0 Å². The van der Waals surface area contributed by atoms with Crippen LogP contribution in [0.15, 0.2) is 0 Å². The molecule has 0 aliphatic heterocycles. The summed E-state index contributed by atoms with van der Waals surface area (Å²) < 4.78 is 1.34. The van der Waals surface area contributed by atoms with Crippen LogP contribution in [0.5, 0.6) is 0 Å². The number of unbranched alkanes of at least 4 members (excludes halogenated alkanes) is 12. The Labute approximate surface area is 199 Å². The number of rotatable bonds is 24. The van der Waals surface area contributed by atoms with Crippen molar-refractivity contribution >= 4 is 0 Å². The van der Waals surface area contributed by atoms with Crippen LogP contribution >= 0.6 is 0 Å². The van der Waals surface area contributed by atoms with Crippen LogP contribution in [0.4, 0.5) is 0 Å². The van der Waals surface area contributed by atoms with Crippen LogP contribution in [0.1, 0.15) is 103 Å². The second-order valence-corrected chi connectivity index (χ2v) is 9.05. The summed E-state index contributed by atoms with van der Waals surface area (Å²) in [5.74, 6) is 0. The first kappa shape index (κ1) is 32.5. The molecule has 0 aromatic heterocycles. The number of hydrogen-bond acceptors (Lipinski definition) is 4. The minimum atomic E-state index is 0. The molecule has 0 aromatic carbocycles. The van der Waals surface area contributed by atoms with E-state index in [1.807, 2.05) is 0 Å². The molecule has 0 atom stereocenters. The number of halogens is 1. The maximum absolute atomic E-state index is 5.68. The monoisotopic (exact) mass is 493 g/mol. The van der Waals surface area contributed by atoms with Crippen LogP contribution in [-0.2, 0) is 0 Å². The Morgan fingerprint density at radius 2 is 0.500 bits per heavy atom. The zero-order valence-electron chi connectivity index (χ0n) is 20.1. The lowest BCUT2D eigenvalue weighted by molar-refractivity contribution is -0.929. The normalized spacial score (nSPS) is 11.6. The third-order valence-electron chi connectivity index (χ3n) is 6.35. The quantitative estimate of drug-likeness (QED) is 0.118. The fourth-order valence-electron chi connectivity index (χ4n) is 4.45. The molecule has 0 rings (SSSR count). The van der Waals surface area contributed by atoms with Crippen molar-refractivity contribution in [1.82, 2.24) is 0 Å². The smallest absolute Gasteiger partial charge is 0.0786 e. The summed E-state index contributed by atoms with van der Waals surface area (Å²) in [7, 11) is 0. The average Bonchev–Trinajstić information content (AvgIpc) is 2.73. The molecule has 0 heterocycles. The molecular formula is C24H56BrN5. The van der Waals surface area contributed by atoms with Crippen LogP contribution in [0.3, 0.4) is 0 Å². The molecule has 30 heavy (non-hydrogen) atoms. The molecule has 0 unspecified atom stereocenters. The van der Waals surface area contributed by atoms with Crippen molar-refractivity contribution in [3.63, 3.8) is 0 Å². The standard InChI is InChI=1S/C24H56N5.BrH/c25-17-9-1-5-13-21-29(22-14-6-2-10-18-26,23-15-7-3-11-19-27)24-16-8-4-12-20-28;/h1-28H2;1H/q+1;/p-1. The largest absolute Gasteiger partial charge is 1.00 e. The fourth-order valence-corrected chi connectivity index (χ4v) is 4.45. The van der Waals surface area contributed by atoms with Gasteiger partial charge in [0.05, 0.1) is 26.2 Å². The molecular weight excluding hydrogens is 438 g/mol. The van der Waals surface area contributed by atoms with Gasteiger partial charge in [-0.05, 0) is 103 Å². The van der Waals surface area contributed by atoms with E-state index in [-0.39, 0.29) is 17.0 Å². The van der Waals surface area contributed by atoms with E-state index in [4.69, 9.17) is 22.9 Å². The Morgan fingerprint density at radius 1 is 0.300 bits per heavy atom. The maximum Gasteiger partial charge on any atom is 0.0786 e. The Bertz CT molecular complexity index is 256. The number of quaternary nitrogens is 1. The van der Waals surface area contributed by atoms with Crippen LogP contribution in [-0.4, -0.2) is 56.8 Å². The van der Waals surface area contributed by atoms with Crippen molar-refractivity contribution < 1.29 is 21.5 Å². The molecule has 0 saturated carbocycles. The van der Waals surface area contributed by atoms with Crippen LogP contribution < -0.4 is 39.9 Å². The fraction of sp³-hybridized carbons (Fsp3) is 1.00. The van der Waals surface area contributed by atoms with Gasteiger partial charge in [0.1, 0.15) is 0 Å². The van der Waals surface area contributed by atoms with Crippen molar-refractivity contribution in [2.75, 3.05) is 52.4 Å². The summed E-state index contributed by atoms with van der Waals surface area (Å²) in [5.41, 5.74) is 22.7. The maximum atomic E-state index is 5.68. The van der Waals surface area contributed by atoms with Crippen LogP contribution in [0.25, 0.3) is 0 Å². The first-order valence-electron chi connectivity index (χ1n) is 12.9. The van der Waals surface area contributed by atoms with Crippen molar-refractivity contribution in [3.8, 4) is 0 Å². The molecule has 6 heteroatoms. The zero-order chi connectivity index (χ0) is 21.5. The molecule has 0 amide bonds. The van der Waals surface area contributed by atoms with E-state index in [0.29, 0.717) is 0 Å². The van der Waals surface area contributed by atoms with Crippen molar-refractivity contribution in [2.45, 2.75) is 103 Å². The Hall–Kier alpha value is 0.280. The van der Waals surface area contributed by atoms with Gasteiger partial charge in [-0.3, -0.25) is 0 Å². The highest BCUT2D eigenvalue weighted by Gasteiger charge is 2.25. The summed E-state index contributed by atoms with van der Waals surface area (Å²) >= 11 is 0. The van der Waals surface area contributed by atoms with Crippen LogP contribution in [0.2, 0.25) is 0 Å². The van der Waals surface area contributed by atoms with E-state index in [1.54, 1.807) is 0 Å². The predicted octanol–water partition coefficient (Wildman–Crippen LogP) is 0.884. The third-order valence-corrected chi connectivity index (χ3v) is 6.35. The van der Waals surface area contributed by atoms with Crippen molar-refractivity contribution in [2.24, 2.45) is 22.9 Å². The molecule has 8 N–H and O–H groups in total. The lowest BCUT2D eigenvalue weighted by Gasteiger charge is -2.39. The van der Waals surface area contributed by atoms with Gasteiger partial charge in [-0.2, -0.15) is 0 Å². The molecule has 0 aromatic rings. The van der Waals surface area contributed by atoms with Crippen molar-refractivity contribution in [3.05, 3.63) is 0 Å². The van der Waals surface area contributed by atoms with Gasteiger partial charge in [-0.25, -0.2) is 0 Å². The highest BCUT2D eigenvalue weighted by Crippen LogP contribution is 2.19. The molecule has 184 valence electrons. The number of hydrogen-bond donors (Lipinski definition) is 4. The number of nitrogens with zero attached hydrogens (tertiary/aromatic N) is 1. The van der Waals surface area contributed by atoms with E-state index in [1.165, 1.54) is 133 Å². The summed E-state index contributed by atoms with van der Waals surface area (Å²) in [6, 6.07) is 0. The van der Waals surface area contributed by atoms with Gasteiger partial charge in [0.25, 0.3) is 0 Å². The van der Waals surface area contributed by atoms with Crippen molar-refractivity contribution in [1.29, 1.82) is 0 Å². The molecule has 0 saturated heterocycles. The van der Waals surface area contributed by atoms with E-state index in [0.717, 1.165) is 26.2 Å². The predicted molar refractivity (Wildman–Crippen MR) is 130 cm³/mol. The molecule has 0 bridgehead atoms. The minimum absolute atomic E-state index is 0. The van der Waals surface area contributed by atoms with Gasteiger partial charge in [0.2, 0.25) is 0 Å². The Balaban J connectivity index is 0. The molecule has 0 fully saturated rings. The van der Waals surface area contributed by atoms with Gasteiger partial charge >= 0.3 is 0 Å². The Morgan fingerprint density at radius 3 is 0.700 bits per heavy atom. The zero-order valence-corrected chi connectivity index (χ0v) is 21.7. The summed E-state index contributed by atoms with van der Waals surface area (Å²) in [5, 5.41) is 0. The molecule has 0 radical (unpaired) electrons. The number of nitrogens with two attached hydrogens (primary N) is 4. The lowest BCUT2D eigenvalue weighted by atomic mass is 10.1. The molecule has 5 nitrogen and oxygen atoms in total. The minimum Gasteiger partial charge on any atom is -1.00 e. The van der Waals surface area contributed by atoms with Gasteiger partial charge < -0.3 is 44.4 Å². The van der Waals surface area contributed by atoms with Crippen LogP contribution in [0, 0.1) is 0 Å². The average molecular weight is 495 g/mol. The van der Waals surface area contributed by atoms with E-state index in [2.05, 4.69) is 0 Å². The van der Waals surface area contributed by atoms with Gasteiger partial charge in [-0.1, -0.05) is 25.7 Å². The van der Waals surface area contributed by atoms with Gasteiger partial charge in [-0.15, -0.1) is 0 Å². The molecule has 0 spiro atoms. The van der Waals surface area contributed by atoms with E-state index in [9.17, 15) is 0 Å². The first-order valence-corrected chi connectivity index (χ1v) is 12.9. The van der Waals surface area contributed by atoms with E-state index < -0.39 is 0 Å². The topological polar surface area (TPSA) is 104 Å². The highest BCUT2D eigenvalue weighted by atomic mass is 79.9. The SMILES string of the molecule is NCCCCCC[N+](CCCCCCN)(CCCCCCN)CCCCCCN.[Br-]. The summed E-state index contributed by atoms with van der Waals surface area (Å²) in [4.78, 5) is 0.